The fourth-order valence-corrected chi connectivity index (χ4v) is 3.04. The van der Waals surface area contributed by atoms with E-state index in [2.05, 4.69) is 19.2 Å². The van der Waals surface area contributed by atoms with Gasteiger partial charge in [-0.1, -0.05) is 43.6 Å². The lowest BCUT2D eigenvalue weighted by molar-refractivity contribution is -0.127. The van der Waals surface area contributed by atoms with Crippen LogP contribution in [0, 0.1) is 0 Å². The monoisotopic (exact) mass is 405 g/mol. The quantitative estimate of drug-likeness (QED) is 0.641. The number of methoxy groups -OCH3 is 2. The van der Waals surface area contributed by atoms with E-state index in [1.54, 1.807) is 33.3 Å². The molecule has 0 aliphatic heterocycles. The Bertz CT molecular complexity index is 809. The van der Waals surface area contributed by atoms with Gasteiger partial charge in [0.15, 0.2) is 17.6 Å². The average molecular weight is 406 g/mol. The minimum absolute atomic E-state index is 0.218. The summed E-state index contributed by atoms with van der Waals surface area (Å²) in [5.74, 6) is 1.98. The topological polar surface area (TPSA) is 56.8 Å². The van der Waals surface area contributed by atoms with Gasteiger partial charge in [0.25, 0.3) is 5.91 Å². The number of nitrogens with one attached hydrogen (secondary N) is 1. The van der Waals surface area contributed by atoms with Crippen LogP contribution in [-0.2, 0) is 11.3 Å². The molecule has 0 fully saturated rings. The van der Waals surface area contributed by atoms with E-state index in [1.165, 1.54) is 0 Å². The normalized spacial score (nSPS) is 12.8. The van der Waals surface area contributed by atoms with Gasteiger partial charge in [0.2, 0.25) is 0 Å². The Balaban J connectivity index is 2.04. The number of para-hydroxylation sites is 1. The molecule has 0 radical (unpaired) electrons. The van der Waals surface area contributed by atoms with Crippen LogP contribution in [-0.4, -0.2) is 26.2 Å². The first kappa shape index (κ1) is 21.9. The third kappa shape index (κ3) is 5.32. The maximum Gasteiger partial charge on any atom is 0.261 e. The Kier molecular flexibility index (Phi) is 8.00. The Morgan fingerprint density at radius 2 is 1.71 bits per heavy atom. The number of carbonyl (C=O) groups is 1. The van der Waals surface area contributed by atoms with Crippen molar-refractivity contribution >= 4 is 17.5 Å². The van der Waals surface area contributed by atoms with Gasteiger partial charge in [-0.2, -0.15) is 0 Å². The van der Waals surface area contributed by atoms with Crippen molar-refractivity contribution in [3.63, 3.8) is 0 Å². The number of amides is 1. The van der Waals surface area contributed by atoms with E-state index < -0.39 is 6.10 Å². The van der Waals surface area contributed by atoms with Crippen LogP contribution in [0.25, 0.3) is 0 Å². The minimum Gasteiger partial charge on any atom is -0.493 e. The van der Waals surface area contributed by atoms with Crippen LogP contribution in [0.4, 0.5) is 0 Å². The highest BCUT2D eigenvalue weighted by Gasteiger charge is 2.18. The van der Waals surface area contributed by atoms with Crippen LogP contribution < -0.4 is 19.5 Å². The van der Waals surface area contributed by atoms with Crippen molar-refractivity contribution in [3.05, 3.63) is 52.5 Å². The van der Waals surface area contributed by atoms with Crippen molar-refractivity contribution < 1.29 is 19.0 Å². The Hall–Kier alpha value is -2.40. The molecule has 152 valence electrons. The van der Waals surface area contributed by atoms with Crippen molar-refractivity contribution in [2.24, 2.45) is 0 Å². The Labute approximate surface area is 171 Å². The lowest BCUT2D eigenvalue weighted by Gasteiger charge is -2.20. The van der Waals surface area contributed by atoms with Gasteiger partial charge < -0.3 is 19.5 Å². The van der Waals surface area contributed by atoms with Gasteiger partial charge in [-0.3, -0.25) is 4.79 Å². The average Bonchev–Trinajstić information content (AvgIpc) is 2.71. The molecule has 0 aromatic heterocycles. The molecule has 0 spiro atoms. The molecular weight excluding hydrogens is 378 g/mol. The summed E-state index contributed by atoms with van der Waals surface area (Å²) in [5, 5.41) is 3.36. The molecule has 0 saturated carbocycles. The summed E-state index contributed by atoms with van der Waals surface area (Å²) in [7, 11) is 3.10. The minimum atomic E-state index is -0.635. The van der Waals surface area contributed by atoms with Gasteiger partial charge in [0.05, 0.1) is 14.2 Å². The van der Waals surface area contributed by atoms with Gasteiger partial charge in [0.1, 0.15) is 5.75 Å². The largest absolute Gasteiger partial charge is 0.493 e. The van der Waals surface area contributed by atoms with Crippen LogP contribution in [0.2, 0.25) is 5.02 Å². The molecule has 1 N–H and O–H groups in total. The van der Waals surface area contributed by atoms with E-state index in [0.717, 1.165) is 23.3 Å². The molecule has 2 aromatic rings. The number of hydrogen-bond donors (Lipinski definition) is 1. The second-order valence-electron chi connectivity index (χ2n) is 6.62. The lowest BCUT2D eigenvalue weighted by atomic mass is 9.98. The molecule has 0 bridgehead atoms. The molecule has 5 nitrogen and oxygen atoms in total. The maximum absolute atomic E-state index is 12.5. The van der Waals surface area contributed by atoms with Gasteiger partial charge in [-0.15, -0.1) is 0 Å². The zero-order chi connectivity index (χ0) is 20.7. The predicted octanol–water partition coefficient (Wildman–Crippen LogP) is 4.95. The molecule has 2 atom stereocenters. The summed E-state index contributed by atoms with van der Waals surface area (Å²) in [5.41, 5.74) is 1.84. The summed E-state index contributed by atoms with van der Waals surface area (Å²) in [6.07, 6.45) is 0.364. The maximum atomic E-state index is 12.5. The first-order chi connectivity index (χ1) is 13.4. The van der Waals surface area contributed by atoms with Gasteiger partial charge in [0, 0.05) is 17.6 Å². The van der Waals surface area contributed by atoms with Crippen LogP contribution in [0.15, 0.2) is 36.4 Å². The number of benzene rings is 2. The molecule has 0 heterocycles. The van der Waals surface area contributed by atoms with Crippen LogP contribution in [0.1, 0.15) is 44.2 Å². The fraction of sp³-hybridized carbons (Fsp3) is 0.409. The summed E-state index contributed by atoms with van der Waals surface area (Å²) in [4.78, 5) is 12.5. The summed E-state index contributed by atoms with van der Waals surface area (Å²) >= 11 is 6.28. The molecule has 1 amide bonds. The highest BCUT2D eigenvalue weighted by Crippen LogP contribution is 2.33. The van der Waals surface area contributed by atoms with Crippen LogP contribution >= 0.6 is 11.6 Å². The van der Waals surface area contributed by atoms with E-state index in [4.69, 9.17) is 25.8 Å². The molecule has 0 saturated heterocycles. The van der Waals surface area contributed by atoms with E-state index >= 15 is 0 Å². The van der Waals surface area contributed by atoms with Crippen molar-refractivity contribution in [2.75, 3.05) is 14.2 Å². The molecule has 0 aliphatic carbocycles. The second kappa shape index (κ2) is 10.2. The number of halogens is 1. The van der Waals surface area contributed by atoms with E-state index in [9.17, 15) is 4.79 Å². The Morgan fingerprint density at radius 1 is 1.07 bits per heavy atom. The fourth-order valence-electron chi connectivity index (χ4n) is 2.82. The first-order valence-corrected chi connectivity index (χ1v) is 9.72. The van der Waals surface area contributed by atoms with Crippen molar-refractivity contribution in [2.45, 2.75) is 45.8 Å². The molecule has 28 heavy (non-hydrogen) atoms. The smallest absolute Gasteiger partial charge is 0.261 e. The highest BCUT2D eigenvalue weighted by atomic mass is 35.5. The van der Waals surface area contributed by atoms with Crippen LogP contribution in [0.3, 0.4) is 0 Å². The van der Waals surface area contributed by atoms with E-state index in [-0.39, 0.29) is 12.5 Å². The zero-order valence-corrected chi connectivity index (χ0v) is 17.8. The Morgan fingerprint density at radius 3 is 2.36 bits per heavy atom. The molecule has 0 aliphatic rings. The standard InChI is InChI=1S/C22H28ClNO4/c1-6-14(2)17-9-7-8-10-19(17)28-15(3)22(25)24-13-16-11-20(26-4)21(27-5)12-18(16)23/h7-12,14-15H,6,13H2,1-5H3,(H,24,25). The predicted molar refractivity (Wildman–Crippen MR) is 112 cm³/mol. The van der Waals surface area contributed by atoms with Gasteiger partial charge >= 0.3 is 0 Å². The van der Waals surface area contributed by atoms with Gasteiger partial charge in [-0.05, 0) is 42.5 Å². The highest BCUT2D eigenvalue weighted by molar-refractivity contribution is 6.31. The van der Waals surface area contributed by atoms with E-state index in [1.807, 2.05) is 24.3 Å². The second-order valence-corrected chi connectivity index (χ2v) is 7.03. The lowest BCUT2D eigenvalue weighted by Crippen LogP contribution is -2.36. The molecule has 2 rings (SSSR count). The third-order valence-electron chi connectivity index (χ3n) is 4.74. The zero-order valence-electron chi connectivity index (χ0n) is 17.0. The number of rotatable bonds is 9. The summed E-state index contributed by atoms with van der Waals surface area (Å²) < 4.78 is 16.5. The number of hydrogen-bond acceptors (Lipinski definition) is 4. The van der Waals surface area contributed by atoms with Crippen molar-refractivity contribution in [1.29, 1.82) is 0 Å². The SMILES string of the molecule is CCC(C)c1ccccc1OC(C)C(=O)NCc1cc(OC)c(OC)cc1Cl. The first-order valence-electron chi connectivity index (χ1n) is 9.34. The van der Waals surface area contributed by atoms with Crippen molar-refractivity contribution in [3.8, 4) is 17.2 Å². The number of ether oxygens (including phenoxy) is 3. The molecular formula is C22H28ClNO4. The molecule has 2 aromatic carbocycles. The van der Waals surface area contributed by atoms with Crippen molar-refractivity contribution in [1.82, 2.24) is 5.32 Å². The van der Waals surface area contributed by atoms with Gasteiger partial charge in [-0.25, -0.2) is 0 Å². The van der Waals surface area contributed by atoms with Crippen LogP contribution in [0.5, 0.6) is 17.2 Å². The summed E-state index contributed by atoms with van der Waals surface area (Å²) in [6, 6.07) is 11.3. The molecule has 6 heteroatoms. The molecule has 2 unspecified atom stereocenters. The summed E-state index contributed by atoms with van der Waals surface area (Å²) in [6.45, 7) is 6.27. The number of carbonyl (C=O) groups excluding carboxylic acids is 1. The van der Waals surface area contributed by atoms with E-state index in [0.29, 0.717) is 22.4 Å². The third-order valence-corrected chi connectivity index (χ3v) is 5.09.